The minimum absolute atomic E-state index is 0.0762. The van der Waals surface area contributed by atoms with E-state index in [1.165, 1.54) is 4.90 Å². The maximum absolute atomic E-state index is 12.1. The molecule has 0 spiro atoms. The molecule has 1 saturated heterocycles. The summed E-state index contributed by atoms with van der Waals surface area (Å²) in [7, 11) is 0. The first-order valence-electron chi connectivity index (χ1n) is 5.98. The zero-order chi connectivity index (χ0) is 12.0. The highest BCUT2D eigenvalue weighted by Crippen LogP contribution is 2.43. The van der Waals surface area contributed by atoms with Gasteiger partial charge in [0.05, 0.1) is 24.0 Å². The van der Waals surface area contributed by atoms with Crippen LogP contribution in [0.4, 0.5) is 0 Å². The molecular weight excluding hydrogens is 206 g/mol. The first-order chi connectivity index (χ1) is 7.43. The summed E-state index contributed by atoms with van der Waals surface area (Å²) in [5.41, 5.74) is 0. The van der Waals surface area contributed by atoms with Gasteiger partial charge >= 0.3 is 0 Å². The number of carbonyl (C=O) groups excluding carboxylic acids is 2. The molecule has 1 heterocycles. The zero-order valence-corrected chi connectivity index (χ0v) is 10.0. The number of imide groups is 1. The van der Waals surface area contributed by atoms with E-state index in [0.29, 0.717) is 5.92 Å². The zero-order valence-electron chi connectivity index (χ0n) is 10.0. The van der Waals surface area contributed by atoms with E-state index in [1.807, 2.05) is 0 Å². The van der Waals surface area contributed by atoms with Crippen molar-refractivity contribution in [2.75, 3.05) is 0 Å². The van der Waals surface area contributed by atoms with E-state index in [0.717, 1.165) is 12.8 Å². The van der Waals surface area contributed by atoms with Gasteiger partial charge in [-0.3, -0.25) is 14.5 Å². The molecule has 0 bridgehead atoms. The van der Waals surface area contributed by atoms with Crippen molar-refractivity contribution in [2.45, 2.75) is 45.8 Å². The minimum atomic E-state index is -0.663. The highest BCUT2D eigenvalue weighted by Gasteiger charge is 2.53. The van der Waals surface area contributed by atoms with Crippen molar-refractivity contribution >= 4 is 11.8 Å². The molecule has 0 aromatic rings. The monoisotopic (exact) mass is 225 g/mol. The fraction of sp³-hybridized carbons (Fsp3) is 0.833. The number of hydrogen-bond donors (Lipinski definition) is 1. The van der Waals surface area contributed by atoms with E-state index < -0.39 is 12.1 Å². The highest BCUT2D eigenvalue weighted by molar-refractivity contribution is 6.05. The van der Waals surface area contributed by atoms with E-state index in [2.05, 4.69) is 6.92 Å². The fourth-order valence-electron chi connectivity index (χ4n) is 2.92. The number of nitrogens with zero attached hydrogens (tertiary/aromatic N) is 1. The molecule has 2 amide bonds. The number of fused-ring (bicyclic) bond motifs is 1. The molecule has 4 atom stereocenters. The highest BCUT2D eigenvalue weighted by atomic mass is 16.3. The molecule has 2 rings (SSSR count). The van der Waals surface area contributed by atoms with Gasteiger partial charge in [-0.2, -0.15) is 0 Å². The van der Waals surface area contributed by atoms with Gasteiger partial charge in [0.1, 0.15) is 0 Å². The average Bonchev–Trinajstić information content (AvgIpc) is 2.67. The van der Waals surface area contributed by atoms with Crippen LogP contribution in [-0.4, -0.2) is 34.0 Å². The Kier molecular flexibility index (Phi) is 2.78. The molecule has 0 radical (unpaired) electrons. The third-order valence-electron chi connectivity index (χ3n) is 4.01. The fourth-order valence-corrected chi connectivity index (χ4v) is 2.92. The van der Waals surface area contributed by atoms with Gasteiger partial charge in [-0.15, -0.1) is 0 Å². The molecule has 1 aliphatic heterocycles. The first-order valence-corrected chi connectivity index (χ1v) is 5.98. The van der Waals surface area contributed by atoms with Crippen LogP contribution in [0.3, 0.4) is 0 Å². The third kappa shape index (κ3) is 1.56. The summed E-state index contributed by atoms with van der Waals surface area (Å²) in [5, 5.41) is 9.49. The van der Waals surface area contributed by atoms with Crippen molar-refractivity contribution in [3.8, 4) is 0 Å². The molecule has 1 aliphatic carbocycles. The van der Waals surface area contributed by atoms with Crippen LogP contribution in [0.15, 0.2) is 0 Å². The standard InChI is InChI=1S/C12H19NO3/c1-6-4-9-10(5-6)12(16)13(11(9)15)7(2)8(3)14/h6-10,14H,4-5H2,1-3H3. The predicted octanol–water partition coefficient (Wildman–Crippen LogP) is 0.787. The van der Waals surface area contributed by atoms with Crippen LogP contribution < -0.4 is 0 Å². The summed E-state index contributed by atoms with van der Waals surface area (Å²) < 4.78 is 0. The Morgan fingerprint density at radius 2 is 1.62 bits per heavy atom. The molecule has 16 heavy (non-hydrogen) atoms. The van der Waals surface area contributed by atoms with Gasteiger partial charge in [-0.05, 0) is 32.6 Å². The molecule has 4 heteroatoms. The minimum Gasteiger partial charge on any atom is -0.391 e. The summed E-state index contributed by atoms with van der Waals surface area (Å²) in [6.07, 6.45) is 0.973. The van der Waals surface area contributed by atoms with Crippen molar-refractivity contribution in [2.24, 2.45) is 17.8 Å². The van der Waals surface area contributed by atoms with Crippen molar-refractivity contribution in [1.82, 2.24) is 4.90 Å². The van der Waals surface area contributed by atoms with Gasteiger partial charge in [0.2, 0.25) is 11.8 Å². The molecule has 2 aliphatic rings. The molecule has 1 N–H and O–H groups in total. The molecule has 1 saturated carbocycles. The molecule has 4 nitrogen and oxygen atoms in total. The normalized spacial score (nSPS) is 37.8. The van der Waals surface area contributed by atoms with Crippen LogP contribution in [0, 0.1) is 17.8 Å². The Balaban J connectivity index is 2.20. The summed E-state index contributed by atoms with van der Waals surface area (Å²) in [6, 6.07) is -0.402. The second kappa shape index (κ2) is 3.84. The molecular formula is C12H19NO3. The maximum atomic E-state index is 12.1. The average molecular weight is 225 g/mol. The van der Waals surface area contributed by atoms with Gasteiger partial charge in [-0.25, -0.2) is 0 Å². The molecule has 90 valence electrons. The SMILES string of the molecule is CC1CC2C(=O)N(C(C)C(C)O)C(=O)C2C1. The van der Waals surface area contributed by atoms with Gasteiger partial charge < -0.3 is 5.11 Å². The van der Waals surface area contributed by atoms with Gasteiger partial charge in [0.25, 0.3) is 0 Å². The Bertz CT molecular complexity index is 302. The lowest BCUT2D eigenvalue weighted by Crippen LogP contribution is -2.45. The number of aliphatic hydroxyl groups excluding tert-OH is 1. The second-order valence-corrected chi connectivity index (χ2v) is 5.32. The van der Waals surface area contributed by atoms with Crippen molar-refractivity contribution in [3.05, 3.63) is 0 Å². The van der Waals surface area contributed by atoms with Crippen molar-refractivity contribution in [1.29, 1.82) is 0 Å². The summed E-state index contributed by atoms with van der Waals surface area (Å²) >= 11 is 0. The number of rotatable bonds is 2. The Morgan fingerprint density at radius 1 is 1.19 bits per heavy atom. The van der Waals surface area contributed by atoms with Crippen LogP contribution in [-0.2, 0) is 9.59 Å². The van der Waals surface area contributed by atoms with E-state index in [1.54, 1.807) is 13.8 Å². The van der Waals surface area contributed by atoms with E-state index >= 15 is 0 Å². The van der Waals surface area contributed by atoms with Crippen LogP contribution in [0.2, 0.25) is 0 Å². The van der Waals surface area contributed by atoms with Crippen molar-refractivity contribution in [3.63, 3.8) is 0 Å². The predicted molar refractivity (Wildman–Crippen MR) is 58.4 cm³/mol. The van der Waals surface area contributed by atoms with Gasteiger partial charge in [-0.1, -0.05) is 6.92 Å². The second-order valence-electron chi connectivity index (χ2n) is 5.32. The van der Waals surface area contributed by atoms with Crippen LogP contribution >= 0.6 is 0 Å². The lowest BCUT2D eigenvalue weighted by molar-refractivity contribution is -0.145. The van der Waals surface area contributed by atoms with Crippen LogP contribution in [0.25, 0.3) is 0 Å². The molecule has 0 aromatic heterocycles. The van der Waals surface area contributed by atoms with Crippen LogP contribution in [0.1, 0.15) is 33.6 Å². The Morgan fingerprint density at radius 3 is 2.00 bits per heavy atom. The maximum Gasteiger partial charge on any atom is 0.233 e. The molecule has 2 fully saturated rings. The smallest absolute Gasteiger partial charge is 0.233 e. The first kappa shape index (κ1) is 11.6. The lowest BCUT2D eigenvalue weighted by Gasteiger charge is -2.26. The quantitative estimate of drug-likeness (QED) is 0.707. The number of amides is 2. The van der Waals surface area contributed by atoms with Gasteiger partial charge in [0.15, 0.2) is 0 Å². The Labute approximate surface area is 95.6 Å². The van der Waals surface area contributed by atoms with Gasteiger partial charge in [0, 0.05) is 0 Å². The topological polar surface area (TPSA) is 57.6 Å². The lowest BCUT2D eigenvalue weighted by atomic mass is 10.00. The summed E-state index contributed by atoms with van der Waals surface area (Å²) in [4.78, 5) is 25.4. The number of aliphatic hydroxyl groups is 1. The number of hydrogen-bond acceptors (Lipinski definition) is 3. The number of carbonyl (C=O) groups is 2. The van der Waals surface area contributed by atoms with Crippen molar-refractivity contribution < 1.29 is 14.7 Å². The third-order valence-corrected chi connectivity index (χ3v) is 4.01. The Hall–Kier alpha value is -0.900. The molecule has 4 unspecified atom stereocenters. The largest absolute Gasteiger partial charge is 0.391 e. The summed E-state index contributed by atoms with van der Waals surface area (Å²) in [6.45, 7) is 5.42. The van der Waals surface area contributed by atoms with E-state index in [9.17, 15) is 14.7 Å². The van der Waals surface area contributed by atoms with E-state index in [-0.39, 0.29) is 23.7 Å². The van der Waals surface area contributed by atoms with E-state index in [4.69, 9.17) is 0 Å². The number of likely N-dealkylation sites (tertiary alicyclic amines) is 1. The molecule has 0 aromatic carbocycles. The van der Waals surface area contributed by atoms with Crippen LogP contribution in [0.5, 0.6) is 0 Å². The summed E-state index contributed by atoms with van der Waals surface area (Å²) in [5.74, 6) is 0.0693.